The van der Waals surface area contributed by atoms with Crippen molar-refractivity contribution in [3.05, 3.63) is 59.9 Å². The van der Waals surface area contributed by atoms with E-state index >= 15 is 0 Å². The second-order valence-electron chi connectivity index (χ2n) is 12.2. The maximum absolute atomic E-state index is 13.3. The predicted octanol–water partition coefficient (Wildman–Crippen LogP) is 5.14. The summed E-state index contributed by atoms with van der Waals surface area (Å²) < 4.78 is 22.3. The lowest BCUT2D eigenvalue weighted by molar-refractivity contribution is -0.162. The number of nitrogens with one attached hydrogen (secondary N) is 1. The van der Waals surface area contributed by atoms with E-state index in [1.807, 2.05) is 77.9 Å². The molecule has 2 atom stereocenters. The monoisotopic (exact) mass is 569 g/mol. The van der Waals surface area contributed by atoms with Crippen LogP contribution in [0.5, 0.6) is 5.75 Å². The summed E-state index contributed by atoms with van der Waals surface area (Å²) in [5.41, 5.74) is 0.479. The van der Waals surface area contributed by atoms with Gasteiger partial charge >= 0.3 is 18.2 Å². The van der Waals surface area contributed by atoms with Gasteiger partial charge in [-0.2, -0.15) is 0 Å². The quantitative estimate of drug-likeness (QED) is 0.237. The van der Waals surface area contributed by atoms with Gasteiger partial charge < -0.3 is 29.2 Å². The Morgan fingerprint density at radius 1 is 1.00 bits per heavy atom. The Balaban J connectivity index is 1.56. The van der Waals surface area contributed by atoms with Crippen LogP contribution in [0.15, 0.2) is 48.8 Å². The van der Waals surface area contributed by atoms with Crippen LogP contribution in [-0.2, 0) is 32.0 Å². The number of carbonyl (C=O) groups excluding carboxylic acids is 3. The number of alkyl carbamates (subject to hydrolysis) is 1. The molecule has 1 N–H and O–H groups in total. The van der Waals surface area contributed by atoms with Crippen molar-refractivity contribution in [3.8, 4) is 5.75 Å². The largest absolute Gasteiger partial charge is 0.490 e. The Hall–Kier alpha value is -3.82. The van der Waals surface area contributed by atoms with E-state index < -0.39 is 23.2 Å². The van der Waals surface area contributed by atoms with Crippen molar-refractivity contribution >= 4 is 18.2 Å². The molecule has 10 nitrogen and oxygen atoms in total. The maximum Gasteiger partial charge on any atom is 0.410 e. The molecule has 1 aliphatic heterocycles. The summed E-state index contributed by atoms with van der Waals surface area (Å²) in [5, 5.41) is 2.66. The Labute approximate surface area is 242 Å². The van der Waals surface area contributed by atoms with E-state index in [-0.39, 0.29) is 37.7 Å². The molecule has 1 aliphatic rings. The van der Waals surface area contributed by atoms with Gasteiger partial charge in [-0.15, -0.1) is 0 Å². The Morgan fingerprint density at radius 2 is 1.71 bits per heavy atom. The fraction of sp³-hybridized carbons (Fsp3) is 0.548. The zero-order chi connectivity index (χ0) is 30.0. The van der Waals surface area contributed by atoms with Crippen LogP contribution in [0.4, 0.5) is 9.59 Å². The summed E-state index contributed by atoms with van der Waals surface area (Å²) in [5.74, 6) is -0.349. The number of likely N-dealkylation sites (tertiary alicyclic amines) is 1. The first-order valence-corrected chi connectivity index (χ1v) is 14.0. The fourth-order valence-electron chi connectivity index (χ4n) is 4.43. The molecule has 1 fully saturated rings. The topological polar surface area (TPSA) is 116 Å². The maximum atomic E-state index is 13.3. The molecule has 10 heteroatoms. The van der Waals surface area contributed by atoms with Crippen molar-refractivity contribution < 1.29 is 33.3 Å². The SMILES string of the molecule is CC(C)(C)OC(=O)[C@@H](Cc1cncc(OCCNC(=O)OCc2ccccc2)c1)[C@H]1CCN(C(=O)OC(C)(C)C)C1. The molecule has 2 aromatic rings. The lowest BCUT2D eigenvalue weighted by atomic mass is 9.86. The lowest BCUT2D eigenvalue weighted by Gasteiger charge is -2.28. The molecule has 2 amide bonds. The van der Waals surface area contributed by atoms with Gasteiger partial charge in [0.25, 0.3) is 0 Å². The molecule has 0 spiro atoms. The smallest absolute Gasteiger partial charge is 0.410 e. The highest BCUT2D eigenvalue weighted by Gasteiger charge is 2.39. The van der Waals surface area contributed by atoms with Gasteiger partial charge in [0, 0.05) is 19.3 Å². The lowest BCUT2D eigenvalue weighted by Crippen LogP contribution is -2.38. The van der Waals surface area contributed by atoms with E-state index in [1.165, 1.54) is 0 Å². The summed E-state index contributed by atoms with van der Waals surface area (Å²) in [4.78, 5) is 43.8. The van der Waals surface area contributed by atoms with E-state index in [1.54, 1.807) is 17.3 Å². The van der Waals surface area contributed by atoms with Crippen molar-refractivity contribution in [1.82, 2.24) is 15.2 Å². The van der Waals surface area contributed by atoms with Gasteiger partial charge in [-0.05, 0) is 77.5 Å². The summed E-state index contributed by atoms with van der Waals surface area (Å²) in [7, 11) is 0. The normalized spacial score (nSPS) is 16.0. The van der Waals surface area contributed by atoms with Crippen LogP contribution < -0.4 is 10.1 Å². The molecular formula is C31H43N3O7. The highest BCUT2D eigenvalue weighted by atomic mass is 16.6. The third kappa shape index (κ3) is 11.3. The third-order valence-corrected chi connectivity index (χ3v) is 6.23. The number of nitrogens with zero attached hydrogens (tertiary/aromatic N) is 2. The van der Waals surface area contributed by atoms with Gasteiger partial charge in [0.05, 0.1) is 18.7 Å². The van der Waals surface area contributed by atoms with Crippen molar-refractivity contribution in [2.45, 2.75) is 72.2 Å². The van der Waals surface area contributed by atoms with E-state index in [4.69, 9.17) is 18.9 Å². The number of aromatic nitrogens is 1. The van der Waals surface area contributed by atoms with Gasteiger partial charge in [-0.1, -0.05) is 30.3 Å². The van der Waals surface area contributed by atoms with Crippen molar-refractivity contribution in [1.29, 1.82) is 0 Å². The van der Waals surface area contributed by atoms with Gasteiger partial charge in [-0.3, -0.25) is 9.78 Å². The van der Waals surface area contributed by atoms with Crippen molar-refractivity contribution in [3.63, 3.8) is 0 Å². The molecule has 0 unspecified atom stereocenters. The number of amides is 2. The summed E-state index contributed by atoms with van der Waals surface area (Å²) in [6, 6.07) is 11.3. The minimum Gasteiger partial charge on any atom is -0.490 e. The van der Waals surface area contributed by atoms with Gasteiger partial charge in [-0.25, -0.2) is 9.59 Å². The van der Waals surface area contributed by atoms with Crippen LogP contribution in [-0.4, -0.2) is 65.5 Å². The minimum absolute atomic E-state index is 0.0898. The van der Waals surface area contributed by atoms with Crippen LogP contribution in [0.1, 0.15) is 59.1 Å². The molecule has 41 heavy (non-hydrogen) atoms. The fourth-order valence-corrected chi connectivity index (χ4v) is 4.43. The van der Waals surface area contributed by atoms with Crippen LogP contribution in [0.2, 0.25) is 0 Å². The van der Waals surface area contributed by atoms with Gasteiger partial charge in [0.1, 0.15) is 30.2 Å². The number of pyridine rings is 1. The van der Waals surface area contributed by atoms with Crippen LogP contribution in [0, 0.1) is 11.8 Å². The zero-order valence-electron chi connectivity index (χ0n) is 25.0. The van der Waals surface area contributed by atoms with Crippen LogP contribution in [0.25, 0.3) is 0 Å². The Morgan fingerprint density at radius 3 is 2.39 bits per heavy atom. The number of hydrogen-bond acceptors (Lipinski definition) is 8. The first-order chi connectivity index (χ1) is 19.3. The summed E-state index contributed by atoms with van der Waals surface area (Å²) in [6.07, 6.45) is 3.43. The Bertz CT molecular complexity index is 1160. The Kier molecular flexibility index (Phi) is 11.0. The summed E-state index contributed by atoms with van der Waals surface area (Å²) in [6.45, 7) is 12.6. The van der Waals surface area contributed by atoms with E-state index in [2.05, 4.69) is 10.3 Å². The second-order valence-corrected chi connectivity index (χ2v) is 12.2. The van der Waals surface area contributed by atoms with Gasteiger partial charge in [0.15, 0.2) is 0 Å². The average molecular weight is 570 g/mol. The summed E-state index contributed by atoms with van der Waals surface area (Å²) >= 11 is 0. The highest BCUT2D eigenvalue weighted by Crippen LogP contribution is 2.31. The van der Waals surface area contributed by atoms with E-state index in [0.717, 1.165) is 11.1 Å². The molecule has 0 aliphatic carbocycles. The molecule has 1 aromatic carbocycles. The molecular weight excluding hydrogens is 526 g/mol. The zero-order valence-corrected chi connectivity index (χ0v) is 25.0. The molecule has 1 saturated heterocycles. The van der Waals surface area contributed by atoms with Crippen molar-refractivity contribution in [2.75, 3.05) is 26.2 Å². The molecule has 0 saturated carbocycles. The number of esters is 1. The first kappa shape index (κ1) is 31.7. The standard InChI is InChI=1S/C31H43N3O7/c1-30(2,3)40-27(35)26(24-12-14-34(20-24)29(37)41-31(4,5)6)17-23-16-25(19-32-18-23)38-15-13-33-28(36)39-21-22-10-8-7-9-11-22/h7-11,16,18-19,24,26H,12-15,17,20-21H2,1-6H3,(H,33,36)/t24-,26-/m0/s1. The number of hydrogen-bond donors (Lipinski definition) is 1. The molecule has 1 aromatic heterocycles. The average Bonchev–Trinajstić information content (AvgIpc) is 3.38. The van der Waals surface area contributed by atoms with Crippen molar-refractivity contribution in [2.24, 2.45) is 11.8 Å². The predicted molar refractivity (Wildman–Crippen MR) is 153 cm³/mol. The molecule has 224 valence electrons. The number of ether oxygens (including phenoxy) is 4. The van der Waals surface area contributed by atoms with Crippen LogP contribution in [0.3, 0.4) is 0 Å². The number of rotatable bonds is 10. The van der Waals surface area contributed by atoms with Gasteiger partial charge in [0.2, 0.25) is 0 Å². The molecule has 0 radical (unpaired) electrons. The number of benzene rings is 1. The minimum atomic E-state index is -0.642. The molecule has 3 rings (SSSR count). The second kappa shape index (κ2) is 14.2. The molecule has 2 heterocycles. The number of carbonyl (C=O) groups is 3. The van der Waals surface area contributed by atoms with Crippen LogP contribution >= 0.6 is 0 Å². The molecule has 0 bridgehead atoms. The third-order valence-electron chi connectivity index (χ3n) is 6.23. The highest BCUT2D eigenvalue weighted by molar-refractivity contribution is 5.74. The van der Waals surface area contributed by atoms with E-state index in [0.29, 0.717) is 31.7 Å². The first-order valence-electron chi connectivity index (χ1n) is 14.0. The van der Waals surface area contributed by atoms with E-state index in [9.17, 15) is 14.4 Å².